The normalized spacial score (nSPS) is 12.2. The van der Waals surface area contributed by atoms with Gasteiger partial charge in [0.25, 0.3) is 0 Å². The molecule has 0 aliphatic rings. The molecule has 0 aliphatic heterocycles. The Labute approximate surface area is 112 Å². The first-order chi connectivity index (χ1) is 9.02. The third kappa shape index (κ3) is 2.66. The molecule has 1 aromatic carbocycles. The van der Waals surface area contributed by atoms with Gasteiger partial charge in [-0.15, -0.1) is 0 Å². The Morgan fingerprint density at radius 3 is 2.74 bits per heavy atom. The summed E-state index contributed by atoms with van der Waals surface area (Å²) in [6, 6.07) is 4.63. The molecule has 0 radical (unpaired) electrons. The molecule has 0 bridgehead atoms. The number of benzene rings is 1. The van der Waals surface area contributed by atoms with Crippen molar-refractivity contribution < 1.29 is 9.53 Å². The van der Waals surface area contributed by atoms with Crippen molar-refractivity contribution in [2.24, 2.45) is 12.8 Å². The fraction of sp³-hybridized carbons (Fsp3) is 0.286. The molecule has 5 nitrogen and oxygen atoms in total. The number of aromatic nitrogens is 2. The molecule has 1 heterocycles. The van der Waals surface area contributed by atoms with Gasteiger partial charge in [0.1, 0.15) is 5.75 Å². The molecule has 0 spiro atoms. The lowest BCUT2D eigenvalue weighted by Crippen LogP contribution is -2.22. The van der Waals surface area contributed by atoms with Gasteiger partial charge in [0.2, 0.25) is 0 Å². The lowest BCUT2D eigenvalue weighted by atomic mass is 9.97. The monoisotopic (exact) mass is 259 g/mol. The van der Waals surface area contributed by atoms with Crippen LogP contribution in [0.1, 0.15) is 27.5 Å². The molecular weight excluding hydrogens is 242 g/mol. The van der Waals surface area contributed by atoms with E-state index in [1.54, 1.807) is 43.4 Å². The minimum Gasteiger partial charge on any atom is -0.497 e. The molecule has 1 unspecified atom stereocenters. The van der Waals surface area contributed by atoms with E-state index in [9.17, 15) is 4.79 Å². The van der Waals surface area contributed by atoms with Crippen LogP contribution in [0, 0.1) is 6.92 Å². The summed E-state index contributed by atoms with van der Waals surface area (Å²) in [4.78, 5) is 12.4. The molecule has 0 aliphatic carbocycles. The average Bonchev–Trinajstić information content (AvgIpc) is 2.83. The molecular formula is C14H17N3O2. The molecule has 100 valence electrons. The minimum atomic E-state index is -0.694. The second kappa shape index (κ2) is 5.24. The van der Waals surface area contributed by atoms with Crippen molar-refractivity contribution in [3.8, 4) is 5.75 Å². The number of ketones is 1. The van der Waals surface area contributed by atoms with Crippen LogP contribution in [0.2, 0.25) is 0 Å². The fourth-order valence-corrected chi connectivity index (χ4v) is 1.96. The van der Waals surface area contributed by atoms with Crippen LogP contribution in [-0.4, -0.2) is 22.7 Å². The summed E-state index contributed by atoms with van der Waals surface area (Å²) in [5, 5.41) is 4.03. The fourth-order valence-electron chi connectivity index (χ4n) is 1.96. The quantitative estimate of drug-likeness (QED) is 0.847. The Kier molecular flexibility index (Phi) is 3.66. The van der Waals surface area contributed by atoms with Gasteiger partial charge < -0.3 is 10.5 Å². The highest BCUT2D eigenvalue weighted by atomic mass is 16.5. The zero-order valence-corrected chi connectivity index (χ0v) is 11.3. The van der Waals surface area contributed by atoms with Gasteiger partial charge in [0, 0.05) is 24.4 Å². The number of carbonyl (C=O) groups excluding carboxylic acids is 1. The van der Waals surface area contributed by atoms with Gasteiger partial charge in [-0.2, -0.15) is 5.10 Å². The summed E-state index contributed by atoms with van der Waals surface area (Å²) in [5.74, 6) is 0.608. The Balaban J connectivity index is 2.29. The number of carbonyl (C=O) groups is 1. The Hall–Kier alpha value is -2.14. The highest BCUT2D eigenvalue weighted by molar-refractivity contribution is 6.01. The van der Waals surface area contributed by atoms with Gasteiger partial charge >= 0.3 is 0 Å². The van der Waals surface area contributed by atoms with Crippen molar-refractivity contribution in [2.45, 2.75) is 13.0 Å². The summed E-state index contributed by atoms with van der Waals surface area (Å²) >= 11 is 0. The second-order valence-electron chi connectivity index (χ2n) is 4.47. The zero-order valence-electron chi connectivity index (χ0n) is 11.3. The molecule has 1 atom stereocenters. The van der Waals surface area contributed by atoms with Crippen LogP contribution in [0.3, 0.4) is 0 Å². The van der Waals surface area contributed by atoms with Gasteiger partial charge in [-0.3, -0.25) is 9.48 Å². The zero-order chi connectivity index (χ0) is 14.0. The van der Waals surface area contributed by atoms with E-state index < -0.39 is 6.04 Å². The summed E-state index contributed by atoms with van der Waals surface area (Å²) in [6.45, 7) is 1.87. The lowest BCUT2D eigenvalue weighted by Gasteiger charge is -2.11. The molecule has 0 amide bonds. The molecule has 5 heteroatoms. The SMILES string of the molecule is COc1ccc(C(=O)C(N)c2cnn(C)c2)c(C)c1. The molecule has 1 aromatic heterocycles. The van der Waals surface area contributed by atoms with Gasteiger partial charge in [-0.05, 0) is 30.7 Å². The Morgan fingerprint density at radius 2 is 2.21 bits per heavy atom. The van der Waals surface area contributed by atoms with Gasteiger partial charge in [-0.25, -0.2) is 0 Å². The largest absolute Gasteiger partial charge is 0.497 e. The van der Waals surface area contributed by atoms with Crippen molar-refractivity contribution in [1.82, 2.24) is 9.78 Å². The van der Waals surface area contributed by atoms with E-state index in [1.807, 2.05) is 13.0 Å². The second-order valence-corrected chi connectivity index (χ2v) is 4.47. The van der Waals surface area contributed by atoms with Crippen molar-refractivity contribution in [3.63, 3.8) is 0 Å². The Bertz CT molecular complexity index is 604. The maximum atomic E-state index is 12.4. The number of Topliss-reactive ketones (excluding diaryl/α,β-unsaturated/α-hetero) is 1. The van der Waals surface area contributed by atoms with Crippen LogP contribution in [0.4, 0.5) is 0 Å². The predicted molar refractivity (Wildman–Crippen MR) is 72.2 cm³/mol. The van der Waals surface area contributed by atoms with E-state index in [-0.39, 0.29) is 5.78 Å². The Morgan fingerprint density at radius 1 is 1.47 bits per heavy atom. The number of nitrogens with zero attached hydrogens (tertiary/aromatic N) is 2. The molecule has 0 saturated carbocycles. The average molecular weight is 259 g/mol. The number of hydrogen-bond acceptors (Lipinski definition) is 4. The minimum absolute atomic E-state index is 0.117. The van der Waals surface area contributed by atoms with Crippen LogP contribution in [0.5, 0.6) is 5.75 Å². The van der Waals surface area contributed by atoms with E-state index in [0.717, 1.165) is 11.3 Å². The van der Waals surface area contributed by atoms with Crippen molar-refractivity contribution >= 4 is 5.78 Å². The van der Waals surface area contributed by atoms with Gasteiger partial charge in [0.05, 0.1) is 19.3 Å². The predicted octanol–water partition coefficient (Wildman–Crippen LogP) is 1.62. The van der Waals surface area contributed by atoms with Crippen LogP contribution in [0.15, 0.2) is 30.6 Å². The molecule has 2 N–H and O–H groups in total. The third-order valence-electron chi connectivity index (χ3n) is 3.07. The number of rotatable bonds is 4. The van der Waals surface area contributed by atoms with Crippen molar-refractivity contribution in [2.75, 3.05) is 7.11 Å². The molecule has 19 heavy (non-hydrogen) atoms. The summed E-state index contributed by atoms with van der Waals surface area (Å²) in [6.07, 6.45) is 3.36. The third-order valence-corrected chi connectivity index (χ3v) is 3.07. The van der Waals surface area contributed by atoms with E-state index in [2.05, 4.69) is 5.10 Å². The molecule has 2 aromatic rings. The van der Waals surface area contributed by atoms with Crippen LogP contribution in [-0.2, 0) is 7.05 Å². The van der Waals surface area contributed by atoms with Crippen molar-refractivity contribution in [3.05, 3.63) is 47.3 Å². The van der Waals surface area contributed by atoms with Crippen molar-refractivity contribution in [1.29, 1.82) is 0 Å². The number of aryl methyl sites for hydroxylation is 2. The molecule has 0 fully saturated rings. The van der Waals surface area contributed by atoms with Gasteiger partial charge in [0.15, 0.2) is 5.78 Å². The smallest absolute Gasteiger partial charge is 0.184 e. The van der Waals surface area contributed by atoms with Gasteiger partial charge in [-0.1, -0.05) is 0 Å². The summed E-state index contributed by atoms with van der Waals surface area (Å²) in [5.41, 5.74) is 8.16. The van der Waals surface area contributed by atoms with Crippen LogP contribution >= 0.6 is 0 Å². The van der Waals surface area contributed by atoms with Crippen LogP contribution in [0.25, 0.3) is 0 Å². The number of methoxy groups -OCH3 is 1. The van der Waals surface area contributed by atoms with E-state index in [0.29, 0.717) is 11.1 Å². The first-order valence-electron chi connectivity index (χ1n) is 5.96. The maximum absolute atomic E-state index is 12.4. The highest BCUT2D eigenvalue weighted by Gasteiger charge is 2.20. The van der Waals surface area contributed by atoms with Crippen LogP contribution < -0.4 is 10.5 Å². The molecule has 2 rings (SSSR count). The summed E-state index contributed by atoms with van der Waals surface area (Å²) in [7, 11) is 3.39. The summed E-state index contributed by atoms with van der Waals surface area (Å²) < 4.78 is 6.75. The standard InChI is InChI=1S/C14H17N3O2/c1-9-6-11(19-3)4-5-12(9)14(18)13(15)10-7-16-17(2)8-10/h4-8,13H,15H2,1-3H3. The van der Waals surface area contributed by atoms with E-state index in [1.165, 1.54) is 0 Å². The number of nitrogens with two attached hydrogens (primary N) is 1. The highest BCUT2D eigenvalue weighted by Crippen LogP contribution is 2.21. The first-order valence-corrected chi connectivity index (χ1v) is 5.96. The first kappa shape index (κ1) is 13.3. The number of hydrogen-bond donors (Lipinski definition) is 1. The lowest BCUT2D eigenvalue weighted by molar-refractivity contribution is 0.0960. The molecule has 0 saturated heterocycles. The topological polar surface area (TPSA) is 70.1 Å². The number of ether oxygens (including phenoxy) is 1. The maximum Gasteiger partial charge on any atom is 0.184 e. The van der Waals surface area contributed by atoms with E-state index in [4.69, 9.17) is 10.5 Å². The van der Waals surface area contributed by atoms with E-state index >= 15 is 0 Å².